The second-order valence-corrected chi connectivity index (χ2v) is 5.20. The molecule has 2 aliphatic rings. The molecule has 3 nitrogen and oxygen atoms in total. The fourth-order valence-electron chi connectivity index (χ4n) is 3.20. The molecule has 1 aliphatic heterocycles. The van der Waals surface area contributed by atoms with E-state index in [1.54, 1.807) is 7.11 Å². The number of methoxy groups -OCH3 is 1. The van der Waals surface area contributed by atoms with Gasteiger partial charge in [-0.3, -0.25) is 9.58 Å². The Kier molecular flexibility index (Phi) is 2.76. The van der Waals surface area contributed by atoms with Gasteiger partial charge in [0, 0.05) is 0 Å². The van der Waals surface area contributed by atoms with Crippen LogP contribution in [0.5, 0.6) is 5.75 Å². The number of hydrogen-bond acceptors (Lipinski definition) is 2. The molecule has 2 fully saturated rings. The first-order valence-electron chi connectivity index (χ1n) is 6.46. The quantitative estimate of drug-likeness (QED) is 0.588. The van der Waals surface area contributed by atoms with Gasteiger partial charge in [-0.05, 0) is 43.2 Å². The molecule has 0 bridgehead atoms. The van der Waals surface area contributed by atoms with E-state index in [4.69, 9.17) is 16.0 Å². The molecule has 94 valence electrons. The molecule has 0 amide bonds. The normalized spacial score (nSPS) is 34.0. The Balaban J connectivity index is 1.83. The highest BCUT2D eigenvalue weighted by Crippen LogP contribution is 2.53. The standard InChI is InChI=1S/C15H17NO2/c1-16-14-15(18-14)9-5-6-11(10-15)12-7-3-4-8-13(12)17-2/h3-4,7-8,11,14H,5-6,9-10H2,2H3. The van der Waals surface area contributed by atoms with E-state index in [-0.39, 0.29) is 11.8 Å². The van der Waals surface area contributed by atoms with Gasteiger partial charge in [0.15, 0.2) is 5.60 Å². The number of epoxide rings is 1. The van der Waals surface area contributed by atoms with Gasteiger partial charge in [0.25, 0.3) is 0 Å². The Morgan fingerprint density at radius 2 is 2.28 bits per heavy atom. The fraction of sp³-hybridized carbons (Fsp3) is 0.533. The average molecular weight is 243 g/mol. The third-order valence-corrected chi connectivity index (χ3v) is 4.18. The smallest absolute Gasteiger partial charge is 0.357 e. The summed E-state index contributed by atoms with van der Waals surface area (Å²) in [5.41, 5.74) is 1.12. The number of benzene rings is 1. The molecule has 1 aliphatic carbocycles. The minimum absolute atomic E-state index is 0.147. The van der Waals surface area contributed by atoms with Crippen molar-refractivity contribution in [2.75, 3.05) is 7.11 Å². The SMILES string of the molecule is [C-]#[N+]C1OC12CCCC(c1ccccc1OC)C2. The van der Waals surface area contributed by atoms with Gasteiger partial charge < -0.3 is 4.74 Å². The van der Waals surface area contributed by atoms with Crippen LogP contribution in [0, 0.1) is 6.57 Å². The van der Waals surface area contributed by atoms with Gasteiger partial charge in [-0.1, -0.05) is 18.2 Å². The van der Waals surface area contributed by atoms with Crippen molar-refractivity contribution in [2.24, 2.45) is 0 Å². The van der Waals surface area contributed by atoms with Crippen LogP contribution in [0.4, 0.5) is 0 Å². The van der Waals surface area contributed by atoms with E-state index in [1.807, 2.05) is 12.1 Å². The van der Waals surface area contributed by atoms with Gasteiger partial charge >= 0.3 is 6.23 Å². The van der Waals surface area contributed by atoms with Gasteiger partial charge in [0.2, 0.25) is 0 Å². The molecule has 1 saturated carbocycles. The topological polar surface area (TPSA) is 26.1 Å². The summed E-state index contributed by atoms with van der Waals surface area (Å²) in [5, 5.41) is 0. The van der Waals surface area contributed by atoms with Gasteiger partial charge in [0.05, 0.1) is 7.11 Å². The summed E-state index contributed by atoms with van der Waals surface area (Å²) in [6, 6.07) is 8.20. The van der Waals surface area contributed by atoms with Gasteiger partial charge in [-0.25, -0.2) is 6.57 Å². The molecule has 1 saturated heterocycles. The van der Waals surface area contributed by atoms with Gasteiger partial charge in [0.1, 0.15) is 5.75 Å². The van der Waals surface area contributed by atoms with Gasteiger partial charge in [-0.15, -0.1) is 0 Å². The van der Waals surface area contributed by atoms with Crippen LogP contribution in [0.3, 0.4) is 0 Å². The number of para-hydroxylation sites is 1. The van der Waals surface area contributed by atoms with E-state index in [2.05, 4.69) is 17.0 Å². The summed E-state index contributed by atoms with van der Waals surface area (Å²) < 4.78 is 11.1. The molecular formula is C15H17NO2. The van der Waals surface area contributed by atoms with Gasteiger partial charge in [-0.2, -0.15) is 0 Å². The lowest BCUT2D eigenvalue weighted by Gasteiger charge is -2.26. The summed E-state index contributed by atoms with van der Waals surface area (Å²) in [7, 11) is 1.72. The maximum atomic E-state index is 7.11. The van der Waals surface area contributed by atoms with Crippen LogP contribution >= 0.6 is 0 Å². The second kappa shape index (κ2) is 4.29. The Morgan fingerprint density at radius 3 is 3.00 bits per heavy atom. The molecule has 18 heavy (non-hydrogen) atoms. The predicted molar refractivity (Wildman–Crippen MR) is 68.4 cm³/mol. The monoisotopic (exact) mass is 243 g/mol. The number of rotatable bonds is 2. The molecule has 3 atom stereocenters. The van der Waals surface area contributed by atoms with Crippen molar-refractivity contribution >= 4 is 0 Å². The predicted octanol–water partition coefficient (Wildman–Crippen LogP) is 3.37. The van der Waals surface area contributed by atoms with Crippen LogP contribution in [-0.4, -0.2) is 18.9 Å². The Labute approximate surface area is 108 Å². The molecule has 1 aromatic carbocycles. The molecule has 3 rings (SSSR count). The zero-order chi connectivity index (χ0) is 12.6. The molecule has 1 heterocycles. The van der Waals surface area contributed by atoms with Crippen LogP contribution < -0.4 is 4.74 Å². The Morgan fingerprint density at radius 1 is 1.44 bits per heavy atom. The lowest BCUT2D eigenvalue weighted by atomic mass is 9.77. The maximum Gasteiger partial charge on any atom is 0.357 e. The average Bonchev–Trinajstić information content (AvgIpc) is 3.11. The molecular weight excluding hydrogens is 226 g/mol. The van der Waals surface area contributed by atoms with Crippen LogP contribution in [-0.2, 0) is 4.74 Å². The molecule has 3 unspecified atom stereocenters. The van der Waals surface area contributed by atoms with Crippen LogP contribution in [0.2, 0.25) is 0 Å². The highest BCUT2D eigenvalue weighted by Gasteiger charge is 2.64. The zero-order valence-electron chi connectivity index (χ0n) is 10.6. The summed E-state index contributed by atoms with van der Waals surface area (Å²) >= 11 is 0. The molecule has 3 heteroatoms. The second-order valence-electron chi connectivity index (χ2n) is 5.20. The van der Waals surface area contributed by atoms with Crippen molar-refractivity contribution in [1.82, 2.24) is 0 Å². The lowest BCUT2D eigenvalue weighted by Crippen LogP contribution is -2.23. The molecule has 1 aromatic rings. The summed E-state index contributed by atoms with van der Waals surface area (Å²) in [4.78, 5) is 3.54. The van der Waals surface area contributed by atoms with E-state index in [0.717, 1.165) is 31.4 Å². The van der Waals surface area contributed by atoms with Crippen molar-refractivity contribution in [1.29, 1.82) is 0 Å². The van der Waals surface area contributed by atoms with Crippen LogP contribution in [0.1, 0.15) is 37.2 Å². The lowest BCUT2D eigenvalue weighted by molar-refractivity contribution is 0.217. The van der Waals surface area contributed by atoms with E-state index < -0.39 is 0 Å². The fourth-order valence-corrected chi connectivity index (χ4v) is 3.20. The van der Waals surface area contributed by atoms with Crippen LogP contribution in [0.15, 0.2) is 24.3 Å². The number of nitrogens with zero attached hydrogens (tertiary/aromatic N) is 1. The number of hydrogen-bond donors (Lipinski definition) is 0. The third-order valence-electron chi connectivity index (χ3n) is 4.18. The Hall–Kier alpha value is -1.53. The van der Waals surface area contributed by atoms with Crippen molar-refractivity contribution < 1.29 is 9.47 Å². The highest BCUT2D eigenvalue weighted by molar-refractivity contribution is 5.37. The molecule has 1 spiro atoms. The first-order valence-corrected chi connectivity index (χ1v) is 6.46. The summed E-state index contributed by atoms with van der Waals surface area (Å²) in [6.45, 7) is 7.11. The van der Waals surface area contributed by atoms with E-state index >= 15 is 0 Å². The minimum atomic E-state index is -0.199. The largest absolute Gasteiger partial charge is 0.496 e. The zero-order valence-corrected chi connectivity index (χ0v) is 10.6. The Bertz CT molecular complexity index is 494. The van der Waals surface area contributed by atoms with E-state index in [0.29, 0.717) is 5.92 Å². The number of ether oxygens (including phenoxy) is 2. The molecule has 0 N–H and O–H groups in total. The van der Waals surface area contributed by atoms with E-state index in [1.165, 1.54) is 5.56 Å². The highest BCUT2D eigenvalue weighted by atomic mass is 16.6. The molecule has 0 radical (unpaired) electrons. The first kappa shape index (κ1) is 11.6. The third kappa shape index (κ3) is 1.77. The maximum absolute atomic E-state index is 7.11. The summed E-state index contributed by atoms with van der Waals surface area (Å²) in [6.07, 6.45) is 4.09. The van der Waals surface area contributed by atoms with E-state index in [9.17, 15) is 0 Å². The van der Waals surface area contributed by atoms with Crippen molar-refractivity contribution in [3.8, 4) is 5.75 Å². The molecule has 0 aromatic heterocycles. The van der Waals surface area contributed by atoms with Crippen molar-refractivity contribution in [2.45, 2.75) is 43.4 Å². The first-order chi connectivity index (χ1) is 8.79. The van der Waals surface area contributed by atoms with Crippen molar-refractivity contribution in [3.63, 3.8) is 0 Å². The summed E-state index contributed by atoms with van der Waals surface area (Å²) in [5.74, 6) is 1.42. The van der Waals surface area contributed by atoms with Crippen LogP contribution in [0.25, 0.3) is 4.85 Å². The minimum Gasteiger partial charge on any atom is -0.496 e. The van der Waals surface area contributed by atoms with Crippen molar-refractivity contribution in [3.05, 3.63) is 41.2 Å².